The first-order valence-electron chi connectivity index (χ1n) is 18.7. The Morgan fingerprint density at radius 1 is 0.327 bits per heavy atom. The Hall–Kier alpha value is -7.36. The van der Waals surface area contributed by atoms with Crippen LogP contribution in [0.25, 0.3) is 88.0 Å². The molecule has 258 valence electrons. The third-order valence-electron chi connectivity index (χ3n) is 10.8. The van der Waals surface area contributed by atoms with E-state index in [2.05, 4.69) is 193 Å². The van der Waals surface area contributed by atoms with E-state index >= 15 is 0 Å². The summed E-state index contributed by atoms with van der Waals surface area (Å²) in [6.07, 6.45) is 0. The molecule has 55 heavy (non-hydrogen) atoms. The van der Waals surface area contributed by atoms with Crippen LogP contribution in [-0.4, -0.2) is 0 Å². The van der Waals surface area contributed by atoms with Gasteiger partial charge in [0.1, 0.15) is 16.7 Å². The van der Waals surface area contributed by atoms with E-state index < -0.39 is 0 Å². The summed E-state index contributed by atoms with van der Waals surface area (Å²) in [6, 6.07) is 70.8. The lowest BCUT2D eigenvalue weighted by Crippen LogP contribution is -2.10. The summed E-state index contributed by atoms with van der Waals surface area (Å²) >= 11 is 0. The number of benzene rings is 9. The Morgan fingerprint density at radius 3 is 1.76 bits per heavy atom. The highest BCUT2D eigenvalue weighted by Gasteiger charge is 2.25. The molecule has 0 N–H and O–H groups in total. The number of hydrogen-bond donors (Lipinski definition) is 0. The fraction of sp³-hybridized carbons (Fsp3) is 0. The maximum atomic E-state index is 7.26. The van der Waals surface area contributed by atoms with Crippen LogP contribution in [0.15, 0.2) is 209 Å². The number of anilines is 3. The predicted octanol–water partition coefficient (Wildman–Crippen LogP) is 15.1. The van der Waals surface area contributed by atoms with Crippen LogP contribution < -0.4 is 4.90 Å². The van der Waals surface area contributed by atoms with Gasteiger partial charge in [0.15, 0.2) is 5.58 Å². The second-order valence-electron chi connectivity index (χ2n) is 14.1. The molecule has 3 heteroatoms. The molecular weight excluding hydrogens is 671 g/mol. The van der Waals surface area contributed by atoms with E-state index in [-0.39, 0.29) is 0 Å². The van der Waals surface area contributed by atoms with E-state index in [1.165, 1.54) is 27.5 Å². The van der Waals surface area contributed by atoms with Crippen molar-refractivity contribution in [2.45, 2.75) is 0 Å². The third kappa shape index (κ3) is 5.20. The fourth-order valence-corrected chi connectivity index (χ4v) is 8.23. The number of fused-ring (bicyclic) bond motifs is 7. The lowest BCUT2D eigenvalue weighted by Gasteiger charge is -2.26. The third-order valence-corrected chi connectivity index (χ3v) is 10.8. The zero-order valence-corrected chi connectivity index (χ0v) is 29.8. The first kappa shape index (κ1) is 31.2. The molecule has 0 saturated carbocycles. The molecule has 2 aromatic heterocycles. The first-order chi connectivity index (χ1) is 27.3. The van der Waals surface area contributed by atoms with Gasteiger partial charge in [-0.25, -0.2) is 0 Å². The molecule has 0 aliphatic heterocycles. The molecule has 0 saturated heterocycles. The second kappa shape index (κ2) is 12.6. The molecule has 0 fully saturated rings. The van der Waals surface area contributed by atoms with Crippen LogP contribution in [0.2, 0.25) is 0 Å². The molecule has 0 amide bonds. The highest BCUT2D eigenvalue weighted by Crippen LogP contribution is 2.48. The highest BCUT2D eigenvalue weighted by atomic mass is 16.3. The minimum absolute atomic E-state index is 0.815. The molecule has 0 radical (unpaired) electrons. The summed E-state index contributed by atoms with van der Waals surface area (Å²) in [4.78, 5) is 2.32. The van der Waals surface area contributed by atoms with Crippen LogP contribution in [0.5, 0.6) is 0 Å². The highest BCUT2D eigenvalue weighted by molar-refractivity contribution is 6.24. The Bertz CT molecular complexity index is 3190. The van der Waals surface area contributed by atoms with Gasteiger partial charge in [0, 0.05) is 38.5 Å². The maximum Gasteiger partial charge on any atom is 0.159 e. The predicted molar refractivity (Wildman–Crippen MR) is 229 cm³/mol. The average Bonchev–Trinajstić information content (AvgIpc) is 3.82. The van der Waals surface area contributed by atoms with Crippen molar-refractivity contribution in [2.24, 2.45) is 0 Å². The molecule has 0 aliphatic rings. The standard InChI is InChI=1S/C52H33NO2/c1-3-13-34(14-4-1)37-25-28-41(29-26-37)53(42-30-27-36-17-7-8-18-39(36)32-42)46-23-12-22-43-45-33-48-50(44-21-9-10-24-47(44)54-48)49(52(45)55-51(43)46)40-20-11-19-38(31-40)35-15-5-2-6-16-35/h1-33H. The van der Waals surface area contributed by atoms with E-state index in [4.69, 9.17) is 8.83 Å². The Kier molecular flexibility index (Phi) is 7.17. The molecule has 0 atom stereocenters. The van der Waals surface area contributed by atoms with Gasteiger partial charge in [0.2, 0.25) is 0 Å². The zero-order valence-electron chi connectivity index (χ0n) is 29.8. The molecule has 11 aromatic rings. The van der Waals surface area contributed by atoms with Crippen molar-refractivity contribution in [3.05, 3.63) is 200 Å². The molecule has 3 nitrogen and oxygen atoms in total. The van der Waals surface area contributed by atoms with Gasteiger partial charge in [-0.2, -0.15) is 0 Å². The monoisotopic (exact) mass is 703 g/mol. The molecule has 0 spiro atoms. The van der Waals surface area contributed by atoms with Gasteiger partial charge < -0.3 is 13.7 Å². The summed E-state index contributed by atoms with van der Waals surface area (Å²) < 4.78 is 13.9. The summed E-state index contributed by atoms with van der Waals surface area (Å²) in [5.41, 5.74) is 13.2. The Labute approximate surface area is 317 Å². The van der Waals surface area contributed by atoms with Crippen LogP contribution in [0.1, 0.15) is 0 Å². The van der Waals surface area contributed by atoms with Crippen molar-refractivity contribution < 1.29 is 8.83 Å². The van der Waals surface area contributed by atoms with Crippen molar-refractivity contribution in [1.29, 1.82) is 0 Å². The van der Waals surface area contributed by atoms with Gasteiger partial charge in [-0.15, -0.1) is 0 Å². The SMILES string of the molecule is c1ccc(-c2ccc(N(c3ccc4ccccc4c3)c3cccc4c3oc3c(-c5cccc(-c6ccccc6)c5)c5c(cc34)oc3ccccc35)cc2)cc1. The minimum atomic E-state index is 0.815. The maximum absolute atomic E-state index is 7.26. The average molecular weight is 704 g/mol. The van der Waals surface area contributed by atoms with Crippen LogP contribution in [0, 0.1) is 0 Å². The van der Waals surface area contributed by atoms with Crippen LogP contribution in [0.3, 0.4) is 0 Å². The Balaban J connectivity index is 1.18. The summed E-state index contributed by atoms with van der Waals surface area (Å²) in [5, 5.41) is 6.54. The van der Waals surface area contributed by atoms with Gasteiger partial charge in [0.25, 0.3) is 0 Å². The van der Waals surface area contributed by atoms with Gasteiger partial charge in [-0.3, -0.25) is 0 Å². The van der Waals surface area contributed by atoms with Crippen molar-refractivity contribution in [2.75, 3.05) is 4.90 Å². The van der Waals surface area contributed by atoms with Crippen molar-refractivity contribution in [3.63, 3.8) is 0 Å². The van der Waals surface area contributed by atoms with Crippen LogP contribution in [-0.2, 0) is 0 Å². The summed E-state index contributed by atoms with van der Waals surface area (Å²) in [7, 11) is 0. The number of nitrogens with zero attached hydrogens (tertiary/aromatic N) is 1. The molecular formula is C52H33NO2. The number of rotatable bonds is 6. The molecule has 0 bridgehead atoms. The minimum Gasteiger partial charge on any atom is -0.456 e. The summed E-state index contributed by atoms with van der Waals surface area (Å²) in [5.74, 6) is 0. The number of hydrogen-bond acceptors (Lipinski definition) is 3. The second-order valence-corrected chi connectivity index (χ2v) is 14.1. The smallest absolute Gasteiger partial charge is 0.159 e. The van der Waals surface area contributed by atoms with E-state index in [1.54, 1.807) is 0 Å². The van der Waals surface area contributed by atoms with Gasteiger partial charge in [0.05, 0.1) is 5.69 Å². The molecule has 11 rings (SSSR count). The van der Waals surface area contributed by atoms with Gasteiger partial charge in [-0.05, 0) is 87.1 Å². The normalized spacial score (nSPS) is 11.6. The number of para-hydroxylation sites is 2. The van der Waals surface area contributed by atoms with E-state index in [0.29, 0.717) is 0 Å². The Morgan fingerprint density at radius 2 is 0.945 bits per heavy atom. The molecule has 0 aliphatic carbocycles. The molecule has 2 heterocycles. The van der Waals surface area contributed by atoms with Crippen LogP contribution >= 0.6 is 0 Å². The summed E-state index contributed by atoms with van der Waals surface area (Å²) in [6.45, 7) is 0. The number of furan rings is 2. The first-order valence-corrected chi connectivity index (χ1v) is 18.7. The lowest BCUT2D eigenvalue weighted by atomic mass is 9.94. The largest absolute Gasteiger partial charge is 0.456 e. The van der Waals surface area contributed by atoms with E-state index in [0.717, 1.165) is 77.6 Å². The van der Waals surface area contributed by atoms with Crippen LogP contribution in [0.4, 0.5) is 17.1 Å². The molecule has 9 aromatic carbocycles. The van der Waals surface area contributed by atoms with E-state index in [9.17, 15) is 0 Å². The van der Waals surface area contributed by atoms with Gasteiger partial charge in [-0.1, -0.05) is 152 Å². The van der Waals surface area contributed by atoms with Gasteiger partial charge >= 0.3 is 0 Å². The quantitative estimate of drug-likeness (QED) is 0.173. The molecule has 0 unspecified atom stereocenters. The van der Waals surface area contributed by atoms with Crippen molar-refractivity contribution in [1.82, 2.24) is 0 Å². The van der Waals surface area contributed by atoms with Crippen molar-refractivity contribution in [3.8, 4) is 33.4 Å². The van der Waals surface area contributed by atoms with Crippen molar-refractivity contribution >= 4 is 71.7 Å². The fourth-order valence-electron chi connectivity index (χ4n) is 8.23. The lowest BCUT2D eigenvalue weighted by molar-refractivity contribution is 0.665. The zero-order chi connectivity index (χ0) is 36.3. The van der Waals surface area contributed by atoms with E-state index in [1.807, 2.05) is 12.1 Å². The topological polar surface area (TPSA) is 29.5 Å².